The number of nitrogens with zero attached hydrogens (tertiary/aromatic N) is 5. The van der Waals surface area contributed by atoms with Gasteiger partial charge in [0.05, 0.1) is 0 Å². The molecule has 0 aliphatic carbocycles. The lowest BCUT2D eigenvalue weighted by Gasteiger charge is -2.33. The molecule has 1 aliphatic heterocycles. The van der Waals surface area contributed by atoms with Gasteiger partial charge in [-0.15, -0.1) is 24.0 Å². The number of anilines is 1. The molecule has 3 rings (SSSR count). The summed E-state index contributed by atoms with van der Waals surface area (Å²) in [7, 11) is 6.04. The van der Waals surface area contributed by atoms with Crippen LogP contribution in [0.1, 0.15) is 11.1 Å². The van der Waals surface area contributed by atoms with Crippen molar-refractivity contribution >= 4 is 35.8 Å². The van der Waals surface area contributed by atoms with Gasteiger partial charge in [0.1, 0.15) is 5.82 Å². The Hall–Kier alpha value is -1.87. The van der Waals surface area contributed by atoms with Crippen LogP contribution in [0.5, 0.6) is 0 Å². The summed E-state index contributed by atoms with van der Waals surface area (Å²) in [5.74, 6) is 1.94. The topological polar surface area (TPSA) is 47.0 Å². The quantitative estimate of drug-likeness (QED) is 0.394. The Bertz CT molecular complexity index is 726. The van der Waals surface area contributed by atoms with E-state index in [2.05, 4.69) is 80.5 Å². The Balaban J connectivity index is 0.00000280. The summed E-state index contributed by atoms with van der Waals surface area (Å²) in [6, 6.07) is 14.7. The van der Waals surface area contributed by atoms with Gasteiger partial charge in [-0.2, -0.15) is 0 Å². The van der Waals surface area contributed by atoms with Crippen LogP contribution >= 0.6 is 24.0 Å². The fourth-order valence-corrected chi connectivity index (χ4v) is 3.24. The lowest BCUT2D eigenvalue weighted by molar-refractivity contribution is 0.312. The van der Waals surface area contributed by atoms with Crippen molar-refractivity contribution in [1.82, 2.24) is 20.1 Å². The first kappa shape index (κ1) is 22.4. The number of hydrogen-bond acceptors (Lipinski definition) is 4. The van der Waals surface area contributed by atoms with Crippen LogP contribution < -0.4 is 10.2 Å². The summed E-state index contributed by atoms with van der Waals surface area (Å²) in [6.45, 7) is 5.79. The number of halogens is 1. The highest BCUT2D eigenvalue weighted by Gasteiger charge is 2.15. The van der Waals surface area contributed by atoms with Crippen molar-refractivity contribution < 1.29 is 0 Å². The molecule has 1 saturated heterocycles. The maximum atomic E-state index is 4.66. The summed E-state index contributed by atoms with van der Waals surface area (Å²) in [4.78, 5) is 15.9. The van der Waals surface area contributed by atoms with Crippen molar-refractivity contribution in [2.75, 3.05) is 52.2 Å². The maximum Gasteiger partial charge on any atom is 0.193 e. The Morgan fingerprint density at radius 2 is 1.79 bits per heavy atom. The summed E-state index contributed by atoms with van der Waals surface area (Å²) in [5.41, 5.74) is 2.42. The van der Waals surface area contributed by atoms with E-state index in [1.807, 2.05) is 19.3 Å². The Labute approximate surface area is 185 Å². The monoisotopic (exact) mass is 494 g/mol. The first-order chi connectivity index (χ1) is 13.2. The molecule has 1 aromatic heterocycles. The number of rotatable bonds is 5. The van der Waals surface area contributed by atoms with E-state index in [9.17, 15) is 0 Å². The van der Waals surface area contributed by atoms with Crippen molar-refractivity contribution in [3.8, 4) is 0 Å². The molecule has 0 saturated carbocycles. The van der Waals surface area contributed by atoms with E-state index in [1.165, 1.54) is 5.56 Å². The largest absolute Gasteiger partial charge is 0.354 e. The SMILES string of the molecule is CN=C(NCc1ccc(N2CCN(C)CC2)nc1)N(C)Cc1ccccc1.I. The minimum absolute atomic E-state index is 0. The van der Waals surface area contributed by atoms with Gasteiger partial charge in [0.25, 0.3) is 0 Å². The zero-order valence-electron chi connectivity index (χ0n) is 17.0. The normalized spacial score (nSPS) is 15.1. The predicted molar refractivity (Wildman–Crippen MR) is 127 cm³/mol. The second kappa shape index (κ2) is 11.2. The van der Waals surface area contributed by atoms with Crippen LogP contribution in [0.2, 0.25) is 0 Å². The molecular formula is C21H31IN6. The molecule has 6 nitrogen and oxygen atoms in total. The van der Waals surface area contributed by atoms with Gasteiger partial charge >= 0.3 is 0 Å². The first-order valence-corrected chi connectivity index (χ1v) is 9.50. The Morgan fingerprint density at radius 1 is 1.07 bits per heavy atom. The number of likely N-dealkylation sites (N-methyl/N-ethyl adjacent to an activating group) is 1. The average Bonchev–Trinajstić information content (AvgIpc) is 2.70. The van der Waals surface area contributed by atoms with E-state index in [-0.39, 0.29) is 24.0 Å². The van der Waals surface area contributed by atoms with Gasteiger partial charge in [-0.05, 0) is 24.2 Å². The van der Waals surface area contributed by atoms with Crippen LogP contribution in [0.4, 0.5) is 5.82 Å². The summed E-state index contributed by atoms with van der Waals surface area (Å²) >= 11 is 0. The number of aromatic nitrogens is 1. The number of nitrogens with one attached hydrogen (secondary N) is 1. The van der Waals surface area contributed by atoms with E-state index in [0.29, 0.717) is 6.54 Å². The van der Waals surface area contributed by atoms with E-state index in [4.69, 9.17) is 0 Å². The molecular weight excluding hydrogens is 463 g/mol. The number of pyridine rings is 1. The number of benzene rings is 1. The zero-order chi connectivity index (χ0) is 19.1. The Kier molecular flexibility index (Phi) is 8.98. The standard InChI is InChI=1S/C21H30N6.HI/c1-22-21(26(3)17-18-7-5-4-6-8-18)24-16-19-9-10-20(23-15-19)27-13-11-25(2)12-14-27;/h4-10,15H,11-14,16-17H2,1-3H3,(H,22,24);1H. The molecule has 0 radical (unpaired) electrons. The second-order valence-corrected chi connectivity index (χ2v) is 7.06. The van der Waals surface area contributed by atoms with Crippen molar-refractivity contribution in [2.24, 2.45) is 4.99 Å². The fraction of sp³-hybridized carbons (Fsp3) is 0.429. The van der Waals surface area contributed by atoms with Crippen LogP contribution in [-0.2, 0) is 13.1 Å². The molecule has 1 aliphatic rings. The van der Waals surface area contributed by atoms with Crippen molar-refractivity contribution in [2.45, 2.75) is 13.1 Å². The predicted octanol–water partition coefficient (Wildman–Crippen LogP) is 2.66. The molecule has 7 heteroatoms. The smallest absolute Gasteiger partial charge is 0.193 e. The molecule has 0 amide bonds. The van der Waals surface area contributed by atoms with E-state index >= 15 is 0 Å². The van der Waals surface area contributed by atoms with Crippen molar-refractivity contribution in [3.63, 3.8) is 0 Å². The van der Waals surface area contributed by atoms with Gasteiger partial charge in [0, 0.05) is 59.6 Å². The fourth-order valence-electron chi connectivity index (χ4n) is 3.24. The van der Waals surface area contributed by atoms with E-state index < -0.39 is 0 Å². The van der Waals surface area contributed by atoms with Gasteiger partial charge in [0.15, 0.2) is 5.96 Å². The lowest BCUT2D eigenvalue weighted by atomic mass is 10.2. The highest BCUT2D eigenvalue weighted by atomic mass is 127. The molecule has 0 spiro atoms. The molecule has 152 valence electrons. The molecule has 0 unspecified atom stereocenters. The van der Waals surface area contributed by atoms with E-state index in [0.717, 1.165) is 50.1 Å². The molecule has 1 N–H and O–H groups in total. The van der Waals surface area contributed by atoms with Crippen LogP contribution in [-0.4, -0.2) is 68.1 Å². The third kappa shape index (κ3) is 6.34. The van der Waals surface area contributed by atoms with Crippen molar-refractivity contribution in [3.05, 3.63) is 59.8 Å². The summed E-state index contributed by atoms with van der Waals surface area (Å²) in [6.07, 6.45) is 1.96. The van der Waals surface area contributed by atoms with Crippen LogP contribution in [0.3, 0.4) is 0 Å². The maximum absolute atomic E-state index is 4.66. The highest BCUT2D eigenvalue weighted by molar-refractivity contribution is 14.0. The summed E-state index contributed by atoms with van der Waals surface area (Å²) in [5, 5.41) is 3.43. The molecule has 0 bridgehead atoms. The number of guanidine groups is 1. The molecule has 2 heterocycles. The lowest BCUT2D eigenvalue weighted by Crippen LogP contribution is -2.44. The number of piperazine rings is 1. The average molecular weight is 494 g/mol. The molecule has 2 aromatic rings. The van der Waals surface area contributed by atoms with Gasteiger partial charge < -0.3 is 20.0 Å². The molecule has 1 aromatic carbocycles. The first-order valence-electron chi connectivity index (χ1n) is 9.50. The second-order valence-electron chi connectivity index (χ2n) is 7.06. The number of aliphatic imine (C=N–C) groups is 1. The summed E-state index contributed by atoms with van der Waals surface area (Å²) < 4.78 is 0. The van der Waals surface area contributed by atoms with Crippen LogP contribution in [0.15, 0.2) is 53.7 Å². The van der Waals surface area contributed by atoms with Crippen LogP contribution in [0.25, 0.3) is 0 Å². The third-order valence-electron chi connectivity index (χ3n) is 4.92. The van der Waals surface area contributed by atoms with Crippen LogP contribution in [0, 0.1) is 0 Å². The van der Waals surface area contributed by atoms with E-state index in [1.54, 1.807) is 0 Å². The molecule has 28 heavy (non-hydrogen) atoms. The zero-order valence-corrected chi connectivity index (χ0v) is 19.3. The van der Waals surface area contributed by atoms with Gasteiger partial charge in [-0.25, -0.2) is 4.98 Å². The van der Waals surface area contributed by atoms with Gasteiger partial charge in [-0.3, -0.25) is 4.99 Å². The minimum Gasteiger partial charge on any atom is -0.354 e. The van der Waals surface area contributed by atoms with Gasteiger partial charge in [0.2, 0.25) is 0 Å². The molecule has 0 atom stereocenters. The highest BCUT2D eigenvalue weighted by Crippen LogP contribution is 2.13. The number of hydrogen-bond donors (Lipinski definition) is 1. The molecule has 1 fully saturated rings. The minimum atomic E-state index is 0. The Morgan fingerprint density at radius 3 is 2.39 bits per heavy atom. The van der Waals surface area contributed by atoms with Crippen molar-refractivity contribution in [1.29, 1.82) is 0 Å². The van der Waals surface area contributed by atoms with Gasteiger partial charge in [-0.1, -0.05) is 36.4 Å². The third-order valence-corrected chi connectivity index (χ3v) is 4.92.